The molecule has 7 aromatic rings. The van der Waals surface area contributed by atoms with Crippen molar-refractivity contribution in [1.29, 1.82) is 0 Å². The summed E-state index contributed by atoms with van der Waals surface area (Å²) in [5.41, 5.74) is 30.9. The van der Waals surface area contributed by atoms with Crippen molar-refractivity contribution >= 4 is 73.1 Å². The maximum absolute atomic E-state index is 3.14. The van der Waals surface area contributed by atoms with E-state index in [1.807, 2.05) is 110 Å². The van der Waals surface area contributed by atoms with Crippen LogP contribution in [0.2, 0.25) is 0 Å². The molecule has 134 heavy (non-hydrogen) atoms. The molecule has 8 aliphatic rings. The van der Waals surface area contributed by atoms with Gasteiger partial charge in [0.15, 0.2) is 0 Å². The molecule has 0 aromatic heterocycles. The first-order valence-electron chi connectivity index (χ1n) is 58.1. The Bertz CT molecular complexity index is 4880. The van der Waals surface area contributed by atoms with Crippen LogP contribution in [-0.2, 0) is 86.6 Å². The van der Waals surface area contributed by atoms with Crippen molar-refractivity contribution in [1.82, 2.24) is 0 Å². The molecule has 730 valence electrons. The molecular weight excluding hydrogens is 1670 g/mol. The number of hydrogen-bond acceptors (Lipinski definition) is 0. The quantitative estimate of drug-likeness (QED) is 0.0336. The van der Waals surface area contributed by atoms with Gasteiger partial charge in [-0.3, -0.25) is 0 Å². The Morgan fingerprint density at radius 2 is 0.246 bits per heavy atom. The van der Waals surface area contributed by atoms with Gasteiger partial charge in [0.05, 0.1) is 31.6 Å². The van der Waals surface area contributed by atoms with E-state index >= 15 is 0 Å². The molecule has 15 rings (SSSR count). The Hall–Kier alpha value is -4.59. The molecule has 0 amide bonds. The van der Waals surface area contributed by atoms with E-state index in [1.54, 1.807) is 20.7 Å². The average Bonchev–Trinajstić information content (AvgIpc) is 1.50. The lowest BCUT2D eigenvalue weighted by atomic mass is 9.70. The van der Waals surface area contributed by atoms with Gasteiger partial charge < -0.3 is 0 Å². The van der Waals surface area contributed by atoms with Crippen molar-refractivity contribution in [3.8, 4) is 0 Å². The molecule has 0 nitrogen and oxygen atoms in total. The van der Waals surface area contributed by atoms with Crippen molar-refractivity contribution < 1.29 is 0 Å². The van der Waals surface area contributed by atoms with E-state index in [2.05, 4.69) is 331 Å². The number of hydrogen-bond donors (Lipinski definition) is 0. The molecule has 0 fully saturated rings. The summed E-state index contributed by atoms with van der Waals surface area (Å²) in [6.07, 6.45) is 48.5. The highest BCUT2D eigenvalue weighted by molar-refractivity contribution is 7.20. The van der Waals surface area contributed by atoms with Gasteiger partial charge in [-0.2, -0.15) is 0 Å². The minimum Gasteiger partial charge on any atom is -0.0645 e. The third kappa shape index (κ3) is 14.0. The maximum Gasteiger partial charge on any atom is 0.0694 e. The second-order valence-corrected chi connectivity index (χ2v) is 60.7. The van der Waals surface area contributed by atoms with Crippen molar-refractivity contribution in [2.45, 2.75) is 565 Å². The molecule has 0 N–H and O–H groups in total. The van der Waals surface area contributed by atoms with Gasteiger partial charge in [-0.15, -0.1) is 0 Å². The average molecular weight is 1870 g/mol. The monoisotopic (exact) mass is 1870 g/mol. The lowest BCUT2D eigenvalue weighted by Gasteiger charge is -2.39. The second kappa shape index (κ2) is 38.3. The zero-order valence-electron chi connectivity index (χ0n) is 92.7. The standard InChI is InChI=1S/C130H194Si4/c1-33-115(34-2)83-123(49-17,50-18)103-95(115)79-96-104(124(51-19,52-20)84-116(96,35-3)36-4)111(103)131(91-71-67-65-68-72-91)133(113-107-99(119(41-9,42-10)87-127(107,57-25)58-26)81-100-108(113)128(59-27,60-28)88-120(100,43-11)44-12)93-75-77-94(78-76-93)134(114-109-101(121(45-13,46-14)89-129(109,61-29)62-30)82-102-110(114)130(63-31,64-32)90-122(102,47-15)48-16)132(92-73-69-66-70-74-92)112-105-97(117(37-5,38-6)85-125(105,53-21)54-22)80-98-106(112)126(55-23,56-24)86-118(98,39-7)40-8/h65-82H,33-64,83-90H2,1-32H3. The van der Waals surface area contributed by atoms with Crippen molar-refractivity contribution in [2.24, 2.45) is 0 Å². The highest BCUT2D eigenvalue weighted by atomic mass is 28.9. The van der Waals surface area contributed by atoms with Gasteiger partial charge in [-0.25, -0.2) is 0 Å². The summed E-state index contributed by atoms with van der Waals surface area (Å²) in [7, 11) is -7.83. The minimum absolute atomic E-state index is 0.0235. The van der Waals surface area contributed by atoms with E-state index in [0.29, 0.717) is 0 Å². The van der Waals surface area contributed by atoms with Gasteiger partial charge in [-0.1, -0.05) is 331 Å². The Kier molecular flexibility index (Phi) is 29.6. The van der Waals surface area contributed by atoms with Crippen LogP contribution in [0, 0.1) is 0 Å². The molecule has 0 radical (unpaired) electrons. The van der Waals surface area contributed by atoms with Crippen LogP contribution in [0.1, 0.15) is 567 Å². The fraction of sp³-hybridized carbons (Fsp3) is 0.677. The van der Waals surface area contributed by atoms with Crippen LogP contribution in [0.5, 0.6) is 0 Å². The van der Waals surface area contributed by atoms with Gasteiger partial charge >= 0.3 is 0 Å². The SMILES string of the molecule is CCC1(CC)CC(CC)(CC)c2c1cc1c(c2[Si](c2ccccc2)=[Si](c2ccc([Si](c3c4c(cc5c3C(CC)(CC)CC5(CC)CC)C(CC)(CC)CC4(CC)CC)=[Si](c3ccccc3)c3c4c(cc5c3C(CC)(CC)CC5(CC)CC)C(CC)(CC)CC4(CC)CC)cc2)c2c3c(cc4c2C(CC)(CC)CC4(CC)CC)C(CC)(CC)CC3(CC)CC)C(CC)(CC)CC1(CC)CC. The van der Waals surface area contributed by atoms with E-state index in [1.165, 1.54) is 257 Å². The normalized spacial score (nSPS) is 21.9. The first-order chi connectivity index (χ1) is 64.4. The minimum atomic E-state index is -1.99. The van der Waals surface area contributed by atoms with Gasteiger partial charge in [0, 0.05) is 0 Å². The summed E-state index contributed by atoms with van der Waals surface area (Å²) in [5, 5.41) is 14.9. The zero-order chi connectivity index (χ0) is 97.2. The van der Waals surface area contributed by atoms with Crippen molar-refractivity contribution in [3.63, 3.8) is 0 Å². The molecule has 0 spiro atoms. The van der Waals surface area contributed by atoms with Crippen LogP contribution in [0.4, 0.5) is 0 Å². The zero-order valence-corrected chi connectivity index (χ0v) is 96.7. The third-order valence-electron chi connectivity index (χ3n) is 46.3. The van der Waals surface area contributed by atoms with Crippen LogP contribution in [0.3, 0.4) is 0 Å². The van der Waals surface area contributed by atoms with E-state index in [4.69, 9.17) is 0 Å². The number of rotatable bonds is 40. The smallest absolute Gasteiger partial charge is 0.0645 e. The summed E-state index contributed by atoms with van der Waals surface area (Å²) >= 11 is 0. The third-order valence-corrected chi connectivity index (χ3v) is 64.4. The van der Waals surface area contributed by atoms with Gasteiger partial charge in [0.2, 0.25) is 0 Å². The number of benzene rings is 7. The molecule has 7 aromatic carbocycles. The predicted molar refractivity (Wildman–Crippen MR) is 598 cm³/mol. The number of fused-ring (bicyclic) bond motifs is 8. The predicted octanol–water partition coefficient (Wildman–Crippen LogP) is 31.8. The van der Waals surface area contributed by atoms with Crippen molar-refractivity contribution in [3.05, 3.63) is 198 Å². The topological polar surface area (TPSA) is 0 Å². The molecule has 0 bridgehead atoms. The van der Waals surface area contributed by atoms with E-state index in [9.17, 15) is 0 Å². The van der Waals surface area contributed by atoms with Crippen LogP contribution >= 0.6 is 0 Å². The first-order valence-corrected chi connectivity index (χ1v) is 66.1. The summed E-state index contributed by atoms with van der Waals surface area (Å²) in [5.74, 6) is 0. The Labute approximate surface area is 830 Å². The molecule has 0 saturated carbocycles. The van der Waals surface area contributed by atoms with Crippen LogP contribution < -0.4 is 41.5 Å². The first kappa shape index (κ1) is 104. The Balaban J connectivity index is 1.32. The Morgan fingerprint density at radius 1 is 0.142 bits per heavy atom. The van der Waals surface area contributed by atoms with E-state index < -0.39 is 31.6 Å². The van der Waals surface area contributed by atoms with E-state index in [0.717, 1.165) is 0 Å². The lowest BCUT2D eigenvalue weighted by molar-refractivity contribution is 0.278. The van der Waals surface area contributed by atoms with Gasteiger partial charge in [-0.05, 0) is 474 Å². The maximum atomic E-state index is 3.14. The van der Waals surface area contributed by atoms with Crippen LogP contribution in [0.25, 0.3) is 0 Å². The van der Waals surface area contributed by atoms with Crippen LogP contribution in [-0.4, -0.2) is 31.6 Å². The highest BCUT2D eigenvalue weighted by Crippen LogP contribution is 2.69. The molecule has 4 heteroatoms. The Morgan fingerprint density at radius 3 is 0.351 bits per heavy atom. The summed E-state index contributed by atoms with van der Waals surface area (Å²) in [6.45, 7) is 85.8. The molecule has 0 atom stereocenters. The highest BCUT2D eigenvalue weighted by Gasteiger charge is 2.65. The molecular formula is C130H194Si4. The lowest BCUT2D eigenvalue weighted by Crippen LogP contribution is -2.59. The van der Waals surface area contributed by atoms with Crippen LogP contribution in [0.15, 0.2) is 109 Å². The molecule has 0 heterocycles. The summed E-state index contributed by atoms with van der Waals surface area (Å²) in [4.78, 5) is 0. The largest absolute Gasteiger partial charge is 0.0694 e. The summed E-state index contributed by atoms with van der Waals surface area (Å²) < 4.78 is 0. The molecule has 0 unspecified atom stereocenters. The second-order valence-electron chi connectivity index (χ2n) is 47.4. The fourth-order valence-corrected chi connectivity index (χ4v) is 57.7. The van der Waals surface area contributed by atoms with E-state index in [-0.39, 0.29) is 86.6 Å². The van der Waals surface area contributed by atoms with Gasteiger partial charge in [0.1, 0.15) is 0 Å². The van der Waals surface area contributed by atoms with Crippen molar-refractivity contribution in [2.75, 3.05) is 0 Å². The molecule has 0 saturated heterocycles. The molecule has 8 aliphatic carbocycles. The van der Waals surface area contributed by atoms with Gasteiger partial charge in [0.25, 0.3) is 0 Å². The fourth-order valence-electron chi connectivity index (χ4n) is 35.7. The summed E-state index contributed by atoms with van der Waals surface area (Å²) in [6, 6.07) is 51.5. The molecule has 0 aliphatic heterocycles.